The number of nitrogens with zero attached hydrogens (tertiary/aromatic N) is 3. The molecule has 1 aromatic rings. The number of hydrogen-bond donors (Lipinski definition) is 0. The Kier molecular flexibility index (Phi) is 4.35. The van der Waals surface area contributed by atoms with Gasteiger partial charge in [-0.25, -0.2) is 0 Å². The highest BCUT2D eigenvalue weighted by Gasteiger charge is 2.47. The van der Waals surface area contributed by atoms with Gasteiger partial charge in [-0.05, 0) is 37.8 Å². The third-order valence-corrected chi connectivity index (χ3v) is 4.66. The highest BCUT2D eigenvalue weighted by molar-refractivity contribution is 5.93. The van der Waals surface area contributed by atoms with E-state index >= 15 is 0 Å². The summed E-state index contributed by atoms with van der Waals surface area (Å²) in [5.74, 6) is -0.142. The van der Waals surface area contributed by atoms with Crippen molar-refractivity contribution < 1.29 is 14.3 Å². The van der Waals surface area contributed by atoms with Gasteiger partial charge < -0.3 is 14.5 Å². The fourth-order valence-electron chi connectivity index (χ4n) is 3.31. The molecule has 3 heterocycles. The van der Waals surface area contributed by atoms with Gasteiger partial charge >= 0.3 is 0 Å². The smallest absolute Gasteiger partial charge is 0.272 e. The Balaban J connectivity index is 1.81. The topological polar surface area (TPSA) is 62.7 Å². The molecule has 0 aromatic carbocycles. The lowest BCUT2D eigenvalue weighted by molar-refractivity contribution is -0.166. The van der Waals surface area contributed by atoms with Crippen LogP contribution < -0.4 is 0 Å². The minimum atomic E-state index is -0.885. The number of carbonyl (C=O) groups excluding carboxylic acids is 2. The molecule has 1 atom stereocenters. The zero-order valence-corrected chi connectivity index (χ0v) is 13.7. The fraction of sp³-hybridized carbons (Fsp3) is 0.588. The van der Waals surface area contributed by atoms with Crippen molar-refractivity contribution in [2.75, 3.05) is 33.3 Å². The first-order valence-electron chi connectivity index (χ1n) is 8.13. The van der Waals surface area contributed by atoms with Crippen molar-refractivity contribution in [2.45, 2.75) is 31.8 Å². The van der Waals surface area contributed by atoms with Crippen LogP contribution in [0.2, 0.25) is 0 Å². The van der Waals surface area contributed by atoms with E-state index in [4.69, 9.17) is 4.74 Å². The van der Waals surface area contributed by atoms with E-state index in [1.165, 1.54) is 0 Å². The molecule has 23 heavy (non-hydrogen) atoms. The van der Waals surface area contributed by atoms with Crippen LogP contribution in [0.15, 0.2) is 18.3 Å². The van der Waals surface area contributed by atoms with Crippen molar-refractivity contribution in [1.29, 1.82) is 0 Å². The highest BCUT2D eigenvalue weighted by atomic mass is 16.5. The van der Waals surface area contributed by atoms with Gasteiger partial charge in [0.15, 0.2) is 5.60 Å². The maximum absolute atomic E-state index is 12.7. The van der Waals surface area contributed by atoms with Gasteiger partial charge in [0.2, 0.25) is 0 Å². The van der Waals surface area contributed by atoms with E-state index in [1.54, 1.807) is 29.1 Å². The molecule has 1 unspecified atom stereocenters. The van der Waals surface area contributed by atoms with Crippen molar-refractivity contribution in [3.8, 4) is 0 Å². The number of rotatable bonds is 1. The minimum absolute atomic E-state index is 0.00985. The van der Waals surface area contributed by atoms with Crippen molar-refractivity contribution in [1.82, 2.24) is 14.8 Å². The van der Waals surface area contributed by atoms with Gasteiger partial charge in [-0.3, -0.25) is 14.6 Å². The van der Waals surface area contributed by atoms with Crippen molar-refractivity contribution in [3.63, 3.8) is 0 Å². The number of aromatic nitrogens is 1. The molecule has 0 N–H and O–H groups in total. The molecule has 3 rings (SSSR count). The number of likely N-dealkylation sites (N-methyl/N-ethyl adjacent to an activating group) is 1. The second-order valence-electron chi connectivity index (χ2n) is 6.47. The lowest BCUT2D eigenvalue weighted by Gasteiger charge is -2.42. The number of morpholine rings is 1. The average Bonchev–Trinajstić information content (AvgIpc) is 2.69. The van der Waals surface area contributed by atoms with E-state index in [9.17, 15) is 9.59 Å². The Morgan fingerprint density at radius 1 is 1.30 bits per heavy atom. The normalized spacial score (nSPS) is 25.6. The summed E-state index contributed by atoms with van der Waals surface area (Å²) in [4.78, 5) is 33.1. The highest BCUT2D eigenvalue weighted by Crippen LogP contribution is 2.29. The Labute approximate surface area is 136 Å². The zero-order chi connectivity index (χ0) is 16.4. The van der Waals surface area contributed by atoms with Crippen molar-refractivity contribution >= 4 is 11.8 Å². The standard InChI is InChI=1S/C17H23N3O3/c1-13-5-6-14(18-11-13)15(21)20-9-10-23-17(12-20)7-3-4-8-19(2)16(17)22/h5-6,11H,3-4,7-10,12H2,1-2H3. The lowest BCUT2D eigenvalue weighted by Crippen LogP contribution is -2.60. The quantitative estimate of drug-likeness (QED) is 0.782. The summed E-state index contributed by atoms with van der Waals surface area (Å²) >= 11 is 0. The van der Waals surface area contributed by atoms with Crippen LogP contribution in [0.3, 0.4) is 0 Å². The van der Waals surface area contributed by atoms with Crippen LogP contribution in [0.4, 0.5) is 0 Å². The SMILES string of the molecule is Cc1ccc(C(=O)N2CCOC3(CCCCN(C)C3=O)C2)nc1. The Morgan fingerprint density at radius 2 is 2.13 bits per heavy atom. The van der Waals surface area contributed by atoms with E-state index in [0.717, 1.165) is 24.9 Å². The molecule has 2 fully saturated rings. The largest absolute Gasteiger partial charge is 0.361 e. The average molecular weight is 317 g/mol. The van der Waals surface area contributed by atoms with Crippen LogP contribution in [-0.2, 0) is 9.53 Å². The van der Waals surface area contributed by atoms with Gasteiger partial charge in [-0.2, -0.15) is 0 Å². The van der Waals surface area contributed by atoms with Gasteiger partial charge in [0, 0.05) is 26.3 Å². The summed E-state index contributed by atoms with van der Waals surface area (Å²) in [7, 11) is 1.81. The predicted molar refractivity (Wildman–Crippen MR) is 85.0 cm³/mol. The monoisotopic (exact) mass is 317 g/mol. The van der Waals surface area contributed by atoms with Gasteiger partial charge in [-0.1, -0.05) is 6.07 Å². The zero-order valence-electron chi connectivity index (χ0n) is 13.7. The van der Waals surface area contributed by atoms with Crippen molar-refractivity contribution in [2.24, 2.45) is 0 Å². The van der Waals surface area contributed by atoms with E-state index in [-0.39, 0.29) is 11.8 Å². The van der Waals surface area contributed by atoms with E-state index < -0.39 is 5.60 Å². The molecule has 124 valence electrons. The van der Waals surface area contributed by atoms with Crippen LogP contribution in [-0.4, -0.2) is 65.5 Å². The maximum atomic E-state index is 12.7. The summed E-state index contributed by atoms with van der Waals surface area (Å²) in [6.07, 6.45) is 4.26. The Morgan fingerprint density at radius 3 is 2.87 bits per heavy atom. The molecule has 2 saturated heterocycles. The van der Waals surface area contributed by atoms with Crippen LogP contribution in [0.25, 0.3) is 0 Å². The third kappa shape index (κ3) is 3.08. The summed E-state index contributed by atoms with van der Waals surface area (Å²) in [6.45, 7) is 3.87. The van der Waals surface area contributed by atoms with Gasteiger partial charge in [0.05, 0.1) is 13.2 Å². The molecule has 6 heteroatoms. The molecular weight excluding hydrogens is 294 g/mol. The van der Waals surface area contributed by atoms with Crippen LogP contribution >= 0.6 is 0 Å². The Hall–Kier alpha value is -1.95. The number of likely N-dealkylation sites (tertiary alicyclic amines) is 1. The first kappa shape index (κ1) is 15.9. The van der Waals surface area contributed by atoms with Gasteiger partial charge in [0.25, 0.3) is 11.8 Å². The second-order valence-corrected chi connectivity index (χ2v) is 6.47. The summed E-state index contributed by atoms with van der Waals surface area (Å²) in [6, 6.07) is 3.61. The number of pyridine rings is 1. The van der Waals surface area contributed by atoms with Crippen LogP contribution in [0, 0.1) is 6.92 Å². The molecule has 0 radical (unpaired) electrons. The molecule has 2 aliphatic heterocycles. The number of ether oxygens (including phenoxy) is 1. The fourth-order valence-corrected chi connectivity index (χ4v) is 3.31. The van der Waals surface area contributed by atoms with Crippen LogP contribution in [0.1, 0.15) is 35.3 Å². The molecule has 1 aromatic heterocycles. The molecule has 0 bridgehead atoms. The first-order valence-corrected chi connectivity index (χ1v) is 8.13. The van der Waals surface area contributed by atoms with E-state index in [1.807, 2.05) is 13.0 Å². The van der Waals surface area contributed by atoms with E-state index in [0.29, 0.717) is 31.8 Å². The van der Waals surface area contributed by atoms with Gasteiger partial charge in [0.1, 0.15) is 5.69 Å². The summed E-state index contributed by atoms with van der Waals surface area (Å²) in [5, 5.41) is 0. The number of hydrogen-bond acceptors (Lipinski definition) is 4. The van der Waals surface area contributed by atoms with Gasteiger partial charge in [-0.15, -0.1) is 0 Å². The summed E-state index contributed by atoms with van der Waals surface area (Å²) < 4.78 is 5.90. The summed E-state index contributed by atoms with van der Waals surface area (Å²) in [5.41, 5.74) is 0.548. The maximum Gasteiger partial charge on any atom is 0.272 e. The molecule has 0 aliphatic carbocycles. The minimum Gasteiger partial charge on any atom is -0.361 e. The van der Waals surface area contributed by atoms with E-state index in [2.05, 4.69) is 4.98 Å². The molecule has 2 amide bonds. The third-order valence-electron chi connectivity index (χ3n) is 4.66. The first-order chi connectivity index (χ1) is 11.0. The molecule has 0 saturated carbocycles. The molecule has 2 aliphatic rings. The van der Waals surface area contributed by atoms with Crippen molar-refractivity contribution in [3.05, 3.63) is 29.6 Å². The lowest BCUT2D eigenvalue weighted by atomic mass is 9.94. The number of aryl methyl sites for hydroxylation is 1. The van der Waals surface area contributed by atoms with Crippen LogP contribution in [0.5, 0.6) is 0 Å². The second kappa shape index (κ2) is 6.28. The predicted octanol–water partition coefficient (Wildman–Crippen LogP) is 1.24. The molecule has 6 nitrogen and oxygen atoms in total. The molecular formula is C17H23N3O3. The number of carbonyl (C=O) groups is 2. The molecule has 1 spiro atoms. The number of amides is 2. The Bertz CT molecular complexity index is 602.